The summed E-state index contributed by atoms with van der Waals surface area (Å²) in [5.74, 6) is 2.76. The molecule has 3 aromatic rings. The quantitative estimate of drug-likeness (QED) is 0.728. The summed E-state index contributed by atoms with van der Waals surface area (Å²) in [4.78, 5) is 10.5. The van der Waals surface area contributed by atoms with E-state index in [0.29, 0.717) is 12.8 Å². The molecule has 1 fully saturated rings. The van der Waals surface area contributed by atoms with E-state index in [9.17, 15) is 0 Å². The molecule has 0 saturated carbocycles. The Morgan fingerprint density at radius 3 is 2.81 bits per heavy atom. The molecule has 3 heterocycles. The number of fused-ring (bicyclic) bond motifs is 2. The molecule has 6 heteroatoms. The molecule has 0 unspecified atom stereocenters. The van der Waals surface area contributed by atoms with Crippen LogP contribution in [0.25, 0.3) is 11.0 Å². The molecule has 1 saturated heterocycles. The molecule has 0 amide bonds. The van der Waals surface area contributed by atoms with Crippen LogP contribution in [0.4, 0.5) is 5.69 Å². The number of aromatic amines is 1. The van der Waals surface area contributed by atoms with Gasteiger partial charge in [-0.1, -0.05) is 12.1 Å². The van der Waals surface area contributed by atoms with Crippen LogP contribution in [-0.2, 0) is 6.42 Å². The van der Waals surface area contributed by atoms with Gasteiger partial charge in [0, 0.05) is 43.9 Å². The lowest BCUT2D eigenvalue weighted by molar-refractivity contribution is 0.174. The number of piperidine rings is 1. The molecule has 2 aliphatic heterocycles. The van der Waals surface area contributed by atoms with Crippen LogP contribution in [-0.4, -0.2) is 42.4 Å². The Kier molecular flexibility index (Phi) is 4.33. The second-order valence-corrected chi connectivity index (χ2v) is 7.20. The van der Waals surface area contributed by atoms with Crippen LogP contribution >= 0.6 is 0 Å². The van der Waals surface area contributed by atoms with Gasteiger partial charge in [-0.3, -0.25) is 0 Å². The Morgan fingerprint density at radius 1 is 1.07 bits per heavy atom. The number of hydrogen-bond donors (Lipinski definition) is 2. The van der Waals surface area contributed by atoms with E-state index >= 15 is 0 Å². The van der Waals surface area contributed by atoms with Crippen molar-refractivity contribution in [2.45, 2.75) is 25.3 Å². The van der Waals surface area contributed by atoms with Crippen molar-refractivity contribution in [2.24, 2.45) is 0 Å². The Labute approximate surface area is 158 Å². The number of aromatic nitrogens is 2. The first-order valence-corrected chi connectivity index (χ1v) is 9.67. The molecule has 2 aromatic carbocycles. The molecular formula is C21H24N4O2. The van der Waals surface area contributed by atoms with Gasteiger partial charge in [0.25, 0.3) is 0 Å². The molecule has 2 aliphatic rings. The van der Waals surface area contributed by atoms with E-state index in [1.807, 2.05) is 18.2 Å². The van der Waals surface area contributed by atoms with Crippen LogP contribution in [0.3, 0.4) is 0 Å². The average molecular weight is 364 g/mol. The molecule has 0 atom stereocenters. The van der Waals surface area contributed by atoms with Crippen LogP contribution in [0, 0.1) is 0 Å². The smallest absolute Gasteiger partial charge is 0.231 e. The lowest BCUT2D eigenvalue weighted by atomic mass is 10.0. The molecule has 5 rings (SSSR count). The minimum absolute atomic E-state index is 0.329. The van der Waals surface area contributed by atoms with E-state index in [0.717, 1.165) is 67.3 Å². The Balaban J connectivity index is 1.11. The normalized spacial score (nSPS) is 17.0. The van der Waals surface area contributed by atoms with E-state index in [4.69, 9.17) is 9.47 Å². The van der Waals surface area contributed by atoms with Crippen molar-refractivity contribution in [3.8, 4) is 11.5 Å². The van der Waals surface area contributed by atoms with Crippen molar-refractivity contribution >= 4 is 16.7 Å². The molecule has 140 valence electrons. The number of benzene rings is 2. The number of anilines is 1. The van der Waals surface area contributed by atoms with E-state index in [-0.39, 0.29) is 0 Å². The summed E-state index contributed by atoms with van der Waals surface area (Å²) in [6, 6.07) is 15.0. The number of ether oxygens (including phenoxy) is 2. The van der Waals surface area contributed by atoms with Crippen LogP contribution in [0.5, 0.6) is 11.5 Å². The molecule has 0 bridgehead atoms. The molecule has 0 spiro atoms. The summed E-state index contributed by atoms with van der Waals surface area (Å²) in [7, 11) is 0. The topological polar surface area (TPSA) is 62.4 Å². The largest absolute Gasteiger partial charge is 0.454 e. The number of nitrogens with zero attached hydrogens (tertiary/aromatic N) is 2. The number of imidazole rings is 1. The van der Waals surface area contributed by atoms with Crippen molar-refractivity contribution in [3.63, 3.8) is 0 Å². The number of hydrogen-bond acceptors (Lipinski definition) is 5. The molecule has 0 radical (unpaired) electrons. The van der Waals surface area contributed by atoms with Gasteiger partial charge >= 0.3 is 0 Å². The summed E-state index contributed by atoms with van der Waals surface area (Å²) >= 11 is 0. The Hall–Kier alpha value is -2.73. The van der Waals surface area contributed by atoms with Crippen molar-refractivity contribution in [1.82, 2.24) is 15.3 Å². The highest BCUT2D eigenvalue weighted by molar-refractivity contribution is 5.74. The van der Waals surface area contributed by atoms with Gasteiger partial charge in [-0.25, -0.2) is 4.98 Å². The zero-order chi connectivity index (χ0) is 18.1. The van der Waals surface area contributed by atoms with Crippen molar-refractivity contribution in [1.29, 1.82) is 0 Å². The first-order valence-electron chi connectivity index (χ1n) is 9.67. The maximum absolute atomic E-state index is 5.50. The lowest BCUT2D eigenvalue weighted by Gasteiger charge is -2.34. The van der Waals surface area contributed by atoms with Gasteiger partial charge in [-0.2, -0.15) is 0 Å². The predicted molar refractivity (Wildman–Crippen MR) is 106 cm³/mol. The average Bonchev–Trinajstić information content (AvgIpc) is 3.34. The molecule has 0 aliphatic carbocycles. The van der Waals surface area contributed by atoms with Gasteiger partial charge in [0.2, 0.25) is 6.79 Å². The van der Waals surface area contributed by atoms with Gasteiger partial charge in [-0.15, -0.1) is 0 Å². The van der Waals surface area contributed by atoms with Gasteiger partial charge in [0.15, 0.2) is 11.5 Å². The number of nitrogens with one attached hydrogen (secondary N) is 2. The number of para-hydroxylation sites is 2. The fraction of sp³-hybridized carbons (Fsp3) is 0.381. The fourth-order valence-electron chi connectivity index (χ4n) is 3.94. The molecular weight excluding hydrogens is 340 g/mol. The zero-order valence-corrected chi connectivity index (χ0v) is 15.3. The zero-order valence-electron chi connectivity index (χ0n) is 15.3. The molecule has 2 N–H and O–H groups in total. The van der Waals surface area contributed by atoms with Crippen LogP contribution < -0.4 is 19.7 Å². The predicted octanol–water partition coefficient (Wildman–Crippen LogP) is 3.09. The van der Waals surface area contributed by atoms with Crippen LogP contribution in [0.15, 0.2) is 42.5 Å². The third-order valence-corrected chi connectivity index (χ3v) is 5.45. The number of rotatable bonds is 5. The standard InChI is InChI=1S/C21H24N4O2/c1-2-4-18-17(3-1)23-21(24-18)7-10-22-15-8-11-25(12-9-15)16-5-6-19-20(13-16)27-14-26-19/h1-6,13,15,22H,7-12,14H2,(H,23,24). The number of H-pyrrole nitrogens is 1. The van der Waals surface area contributed by atoms with E-state index in [2.05, 4.69) is 44.5 Å². The first-order chi connectivity index (χ1) is 13.3. The van der Waals surface area contributed by atoms with Gasteiger partial charge < -0.3 is 24.7 Å². The summed E-state index contributed by atoms with van der Waals surface area (Å²) in [6.07, 6.45) is 3.22. The highest BCUT2D eigenvalue weighted by Crippen LogP contribution is 2.36. The monoisotopic (exact) mass is 364 g/mol. The third-order valence-electron chi connectivity index (χ3n) is 5.45. The van der Waals surface area contributed by atoms with E-state index in [1.165, 1.54) is 5.69 Å². The Bertz CT molecular complexity index is 898. The first kappa shape index (κ1) is 16.4. The molecule has 6 nitrogen and oxygen atoms in total. The minimum atomic E-state index is 0.329. The summed E-state index contributed by atoms with van der Waals surface area (Å²) in [6.45, 7) is 3.40. The SMILES string of the molecule is c1ccc2[nH]c(CCNC3CCN(c4ccc5c(c4)OCO5)CC3)nc2c1. The summed E-state index contributed by atoms with van der Waals surface area (Å²) in [5.41, 5.74) is 3.38. The molecule has 1 aromatic heterocycles. The minimum Gasteiger partial charge on any atom is -0.454 e. The highest BCUT2D eigenvalue weighted by atomic mass is 16.7. The fourth-order valence-corrected chi connectivity index (χ4v) is 3.94. The third kappa shape index (κ3) is 3.45. The van der Waals surface area contributed by atoms with Gasteiger partial charge in [0.05, 0.1) is 11.0 Å². The van der Waals surface area contributed by atoms with Crippen molar-refractivity contribution in [2.75, 3.05) is 31.3 Å². The maximum atomic E-state index is 5.50. The van der Waals surface area contributed by atoms with Crippen molar-refractivity contribution < 1.29 is 9.47 Å². The van der Waals surface area contributed by atoms with Gasteiger partial charge in [0.1, 0.15) is 5.82 Å². The van der Waals surface area contributed by atoms with Crippen molar-refractivity contribution in [3.05, 3.63) is 48.3 Å². The second-order valence-electron chi connectivity index (χ2n) is 7.20. The second kappa shape index (κ2) is 7.12. The summed E-state index contributed by atoms with van der Waals surface area (Å²) < 4.78 is 10.9. The lowest BCUT2D eigenvalue weighted by Crippen LogP contribution is -2.43. The molecule has 27 heavy (non-hydrogen) atoms. The van der Waals surface area contributed by atoms with E-state index in [1.54, 1.807) is 0 Å². The van der Waals surface area contributed by atoms with Gasteiger partial charge in [-0.05, 0) is 37.1 Å². The van der Waals surface area contributed by atoms with E-state index < -0.39 is 0 Å². The van der Waals surface area contributed by atoms with Crippen LogP contribution in [0.2, 0.25) is 0 Å². The van der Waals surface area contributed by atoms with Crippen LogP contribution in [0.1, 0.15) is 18.7 Å². The summed E-state index contributed by atoms with van der Waals surface area (Å²) in [5, 5.41) is 3.70. The maximum Gasteiger partial charge on any atom is 0.231 e. The highest BCUT2D eigenvalue weighted by Gasteiger charge is 2.21. The Morgan fingerprint density at radius 2 is 1.93 bits per heavy atom.